The van der Waals surface area contributed by atoms with Crippen LogP contribution in [0, 0.1) is 12.7 Å². The molecule has 1 aliphatic heterocycles. The summed E-state index contributed by atoms with van der Waals surface area (Å²) in [5.41, 5.74) is 1.67. The number of ketones is 1. The number of rotatable bonds is 8. The van der Waals surface area contributed by atoms with E-state index >= 15 is 0 Å². The third-order valence-corrected chi connectivity index (χ3v) is 6.02. The molecule has 1 N–H and O–H groups in total. The van der Waals surface area contributed by atoms with Gasteiger partial charge < -0.3 is 19.3 Å². The number of benzene rings is 3. The van der Waals surface area contributed by atoms with Crippen LogP contribution >= 0.6 is 0 Å². The molecule has 1 unspecified atom stereocenters. The third kappa shape index (κ3) is 4.87. The van der Waals surface area contributed by atoms with Gasteiger partial charge in [-0.3, -0.25) is 14.5 Å². The van der Waals surface area contributed by atoms with Crippen molar-refractivity contribution in [2.75, 3.05) is 25.2 Å². The Morgan fingerprint density at radius 1 is 0.946 bits per heavy atom. The number of anilines is 1. The number of amides is 1. The molecule has 3 aromatic rings. The van der Waals surface area contributed by atoms with Gasteiger partial charge >= 0.3 is 0 Å². The second-order valence-corrected chi connectivity index (χ2v) is 8.42. The van der Waals surface area contributed by atoms with Gasteiger partial charge in [0.05, 0.1) is 37.5 Å². The number of ether oxygens (including phenoxy) is 3. The number of carbonyl (C=O) groups is 2. The molecule has 1 saturated heterocycles. The molecular weight excluding hydrogens is 477 g/mol. The lowest BCUT2D eigenvalue weighted by atomic mass is 9.94. The van der Waals surface area contributed by atoms with Crippen molar-refractivity contribution in [3.8, 4) is 17.2 Å². The van der Waals surface area contributed by atoms with Crippen molar-refractivity contribution in [2.24, 2.45) is 0 Å². The highest BCUT2D eigenvalue weighted by Gasteiger charge is 2.47. The zero-order valence-electron chi connectivity index (χ0n) is 21.1. The van der Waals surface area contributed by atoms with E-state index in [9.17, 15) is 19.1 Å². The summed E-state index contributed by atoms with van der Waals surface area (Å²) in [6.07, 6.45) is 0. The van der Waals surface area contributed by atoms with Gasteiger partial charge in [-0.1, -0.05) is 29.8 Å². The summed E-state index contributed by atoms with van der Waals surface area (Å²) in [5.74, 6) is -1.82. The van der Waals surface area contributed by atoms with E-state index in [-0.39, 0.29) is 16.9 Å². The Morgan fingerprint density at radius 3 is 2.32 bits per heavy atom. The fourth-order valence-electron chi connectivity index (χ4n) is 4.45. The predicted octanol–water partition coefficient (Wildman–Crippen LogP) is 5.57. The van der Waals surface area contributed by atoms with E-state index in [0.29, 0.717) is 36.0 Å². The van der Waals surface area contributed by atoms with Gasteiger partial charge in [-0.25, -0.2) is 4.39 Å². The average Bonchev–Trinajstić information content (AvgIpc) is 3.15. The highest BCUT2D eigenvalue weighted by molar-refractivity contribution is 6.51. The predicted molar refractivity (Wildman–Crippen MR) is 138 cm³/mol. The largest absolute Gasteiger partial charge is 0.507 e. The van der Waals surface area contributed by atoms with E-state index in [1.54, 1.807) is 30.3 Å². The molecule has 0 radical (unpaired) electrons. The number of aliphatic hydroxyl groups excluding tert-OH is 1. The number of Topliss-reactive ketones (excluding diaryl/α,β-unsaturated/α-hetero) is 1. The van der Waals surface area contributed by atoms with Gasteiger partial charge in [-0.2, -0.15) is 0 Å². The molecule has 1 heterocycles. The molecule has 0 bridgehead atoms. The Balaban J connectivity index is 1.97. The number of halogens is 1. The van der Waals surface area contributed by atoms with Crippen LogP contribution in [0.1, 0.15) is 36.6 Å². The highest BCUT2D eigenvalue weighted by atomic mass is 19.1. The topological polar surface area (TPSA) is 85.3 Å². The van der Waals surface area contributed by atoms with Crippen LogP contribution in [0.4, 0.5) is 10.1 Å². The minimum Gasteiger partial charge on any atom is -0.507 e. The van der Waals surface area contributed by atoms with E-state index < -0.39 is 29.3 Å². The number of aryl methyl sites for hydroxylation is 1. The number of carbonyl (C=O) groups excluding carboxylic acids is 2. The van der Waals surface area contributed by atoms with Crippen LogP contribution in [0.3, 0.4) is 0 Å². The van der Waals surface area contributed by atoms with Gasteiger partial charge in [0, 0.05) is 11.8 Å². The Hall–Kier alpha value is -4.33. The molecule has 1 atom stereocenters. The Bertz CT molecular complexity index is 1380. The fourth-order valence-corrected chi connectivity index (χ4v) is 4.45. The first-order valence-electron chi connectivity index (χ1n) is 11.9. The molecule has 0 aromatic heterocycles. The monoisotopic (exact) mass is 505 g/mol. The molecule has 192 valence electrons. The molecule has 1 amide bonds. The van der Waals surface area contributed by atoms with E-state index in [0.717, 1.165) is 11.6 Å². The maximum absolute atomic E-state index is 14.2. The van der Waals surface area contributed by atoms with Gasteiger partial charge in [-0.05, 0) is 56.7 Å². The van der Waals surface area contributed by atoms with Crippen LogP contribution in [-0.4, -0.2) is 37.1 Å². The lowest BCUT2D eigenvalue weighted by Gasteiger charge is -2.26. The summed E-state index contributed by atoms with van der Waals surface area (Å²) in [6, 6.07) is 14.9. The van der Waals surface area contributed by atoms with Gasteiger partial charge in [-0.15, -0.1) is 0 Å². The van der Waals surface area contributed by atoms with Crippen LogP contribution in [0.25, 0.3) is 5.76 Å². The number of methoxy groups -OCH3 is 1. The normalized spacial score (nSPS) is 16.7. The molecule has 1 aliphatic rings. The zero-order chi connectivity index (χ0) is 26.7. The summed E-state index contributed by atoms with van der Waals surface area (Å²) in [7, 11) is 1.37. The highest BCUT2D eigenvalue weighted by Crippen LogP contribution is 2.45. The Labute approximate surface area is 214 Å². The van der Waals surface area contributed by atoms with Crippen LogP contribution in [0.2, 0.25) is 0 Å². The molecule has 0 aliphatic carbocycles. The number of hydrogen-bond acceptors (Lipinski definition) is 6. The lowest BCUT2D eigenvalue weighted by molar-refractivity contribution is -0.132. The van der Waals surface area contributed by atoms with E-state index in [2.05, 4.69) is 0 Å². The van der Waals surface area contributed by atoms with Gasteiger partial charge in [0.1, 0.15) is 17.3 Å². The van der Waals surface area contributed by atoms with Crippen molar-refractivity contribution < 1.29 is 33.3 Å². The third-order valence-electron chi connectivity index (χ3n) is 6.02. The smallest absolute Gasteiger partial charge is 0.300 e. The number of nitrogens with zero attached hydrogens (tertiary/aromatic N) is 1. The van der Waals surface area contributed by atoms with Crippen molar-refractivity contribution in [2.45, 2.75) is 26.8 Å². The quantitative estimate of drug-likeness (QED) is 0.245. The summed E-state index contributed by atoms with van der Waals surface area (Å²) in [5, 5.41) is 11.4. The molecule has 0 spiro atoms. The summed E-state index contributed by atoms with van der Waals surface area (Å²) < 4.78 is 30.8. The number of hydrogen-bond donors (Lipinski definition) is 1. The molecule has 37 heavy (non-hydrogen) atoms. The molecule has 3 aromatic carbocycles. The van der Waals surface area contributed by atoms with Gasteiger partial charge in [0.25, 0.3) is 11.7 Å². The number of aliphatic hydroxyl groups is 1. The first-order chi connectivity index (χ1) is 17.8. The molecule has 8 heteroatoms. The standard InChI is InChI=1S/C29H28FNO6/c1-5-36-23-13-11-20(16-24(23)37-6-2)31-26(18-9-7-8-17(3)14-18)25(28(33)29(31)34)27(32)21-15-19(30)10-12-22(21)35-4/h7-16,26,32H,5-6H2,1-4H3/b27-25+. The van der Waals surface area contributed by atoms with Crippen molar-refractivity contribution in [1.29, 1.82) is 0 Å². The molecule has 7 nitrogen and oxygen atoms in total. The minimum absolute atomic E-state index is 0.0279. The van der Waals surface area contributed by atoms with Crippen molar-refractivity contribution in [3.63, 3.8) is 0 Å². The van der Waals surface area contributed by atoms with Crippen LogP contribution in [-0.2, 0) is 9.59 Å². The first-order valence-corrected chi connectivity index (χ1v) is 11.9. The summed E-state index contributed by atoms with van der Waals surface area (Å²) in [6.45, 7) is 6.34. The second kappa shape index (κ2) is 10.7. The minimum atomic E-state index is -0.986. The summed E-state index contributed by atoms with van der Waals surface area (Å²) >= 11 is 0. The second-order valence-electron chi connectivity index (χ2n) is 8.42. The summed E-state index contributed by atoms with van der Waals surface area (Å²) in [4.78, 5) is 28.2. The SMILES string of the molecule is CCOc1ccc(N2C(=O)C(=O)/C(=C(/O)c3cc(F)ccc3OC)C2c2cccc(C)c2)cc1OCC. The maximum Gasteiger partial charge on any atom is 0.300 e. The van der Waals surface area contributed by atoms with Crippen molar-refractivity contribution in [1.82, 2.24) is 0 Å². The van der Waals surface area contributed by atoms with E-state index in [1.807, 2.05) is 32.9 Å². The molecule has 1 fully saturated rings. The van der Waals surface area contributed by atoms with E-state index in [4.69, 9.17) is 14.2 Å². The van der Waals surface area contributed by atoms with Crippen molar-refractivity contribution >= 4 is 23.1 Å². The van der Waals surface area contributed by atoms with Crippen LogP contribution in [0.15, 0.2) is 66.2 Å². The molecular formula is C29H28FNO6. The molecule has 4 rings (SSSR count). The van der Waals surface area contributed by atoms with E-state index in [1.165, 1.54) is 24.1 Å². The van der Waals surface area contributed by atoms with Crippen LogP contribution in [0.5, 0.6) is 17.2 Å². The van der Waals surface area contributed by atoms with Gasteiger partial charge in [0.2, 0.25) is 0 Å². The first kappa shape index (κ1) is 25.8. The zero-order valence-corrected chi connectivity index (χ0v) is 21.1. The van der Waals surface area contributed by atoms with Gasteiger partial charge in [0.15, 0.2) is 11.5 Å². The van der Waals surface area contributed by atoms with Crippen LogP contribution < -0.4 is 19.1 Å². The Morgan fingerprint density at radius 2 is 1.65 bits per heavy atom. The Kier molecular flexibility index (Phi) is 7.47. The average molecular weight is 506 g/mol. The lowest BCUT2D eigenvalue weighted by Crippen LogP contribution is -2.29. The fraction of sp³-hybridized carbons (Fsp3) is 0.241. The molecule has 0 saturated carbocycles. The maximum atomic E-state index is 14.2. The van der Waals surface area contributed by atoms with Crippen molar-refractivity contribution in [3.05, 3.63) is 88.7 Å².